The van der Waals surface area contributed by atoms with Crippen molar-refractivity contribution in [2.45, 2.75) is 6.42 Å². The van der Waals surface area contributed by atoms with E-state index >= 15 is 0 Å². The number of allylic oxidation sites excluding steroid dienone is 1. The van der Waals surface area contributed by atoms with Crippen LogP contribution in [0.3, 0.4) is 0 Å². The fraction of sp³-hybridized carbons (Fsp3) is 0.571. The third-order valence-corrected chi connectivity index (χ3v) is 1.50. The van der Waals surface area contributed by atoms with E-state index in [1.807, 2.05) is 6.08 Å². The first-order valence-electron chi connectivity index (χ1n) is 3.09. The SMILES string of the molecule is CO/C=C/CC(C=N)CCl. The van der Waals surface area contributed by atoms with Gasteiger partial charge in [-0.15, -0.1) is 11.6 Å². The fourth-order valence-corrected chi connectivity index (χ4v) is 0.717. The first-order valence-corrected chi connectivity index (χ1v) is 3.63. The van der Waals surface area contributed by atoms with Gasteiger partial charge in [0.15, 0.2) is 0 Å². The lowest BCUT2D eigenvalue weighted by atomic mass is 10.1. The Hall–Kier alpha value is -0.500. The Labute approximate surface area is 66.3 Å². The van der Waals surface area contributed by atoms with Crippen molar-refractivity contribution in [2.24, 2.45) is 5.92 Å². The van der Waals surface area contributed by atoms with E-state index in [1.54, 1.807) is 13.4 Å². The topological polar surface area (TPSA) is 33.1 Å². The molecular weight excluding hydrogens is 150 g/mol. The molecule has 0 radical (unpaired) electrons. The van der Waals surface area contributed by atoms with Crippen molar-refractivity contribution in [3.8, 4) is 0 Å². The Morgan fingerprint density at radius 2 is 2.40 bits per heavy atom. The van der Waals surface area contributed by atoms with Crippen LogP contribution >= 0.6 is 11.6 Å². The summed E-state index contributed by atoms with van der Waals surface area (Å²) in [6.07, 6.45) is 5.59. The first kappa shape index (κ1) is 9.50. The molecule has 1 unspecified atom stereocenters. The second-order valence-corrected chi connectivity index (χ2v) is 2.23. The molecule has 0 saturated carbocycles. The average molecular weight is 162 g/mol. The van der Waals surface area contributed by atoms with Crippen LogP contribution in [0.25, 0.3) is 0 Å². The number of ether oxygens (including phenoxy) is 1. The number of hydrogen-bond donors (Lipinski definition) is 1. The van der Waals surface area contributed by atoms with Crippen molar-refractivity contribution in [3.05, 3.63) is 12.3 Å². The highest BCUT2D eigenvalue weighted by Gasteiger charge is 1.98. The number of halogens is 1. The van der Waals surface area contributed by atoms with Crippen LogP contribution in [0.1, 0.15) is 6.42 Å². The minimum Gasteiger partial charge on any atom is -0.505 e. The molecule has 10 heavy (non-hydrogen) atoms. The van der Waals surface area contributed by atoms with Gasteiger partial charge in [0, 0.05) is 11.8 Å². The van der Waals surface area contributed by atoms with Gasteiger partial charge in [0.2, 0.25) is 0 Å². The van der Waals surface area contributed by atoms with Crippen molar-refractivity contribution >= 4 is 17.8 Å². The molecule has 0 heterocycles. The largest absolute Gasteiger partial charge is 0.505 e. The molecule has 0 aliphatic carbocycles. The molecule has 0 aliphatic heterocycles. The van der Waals surface area contributed by atoms with Crippen LogP contribution < -0.4 is 0 Å². The lowest BCUT2D eigenvalue weighted by Crippen LogP contribution is -2.00. The molecule has 0 spiro atoms. The second-order valence-electron chi connectivity index (χ2n) is 1.92. The van der Waals surface area contributed by atoms with Gasteiger partial charge in [0.05, 0.1) is 13.4 Å². The summed E-state index contributed by atoms with van der Waals surface area (Å²) < 4.78 is 4.68. The van der Waals surface area contributed by atoms with Crippen molar-refractivity contribution in [2.75, 3.05) is 13.0 Å². The fourth-order valence-electron chi connectivity index (χ4n) is 0.502. The van der Waals surface area contributed by atoms with Gasteiger partial charge in [-0.05, 0) is 18.7 Å². The van der Waals surface area contributed by atoms with E-state index in [9.17, 15) is 0 Å². The summed E-state index contributed by atoms with van der Waals surface area (Å²) >= 11 is 5.52. The summed E-state index contributed by atoms with van der Waals surface area (Å²) in [4.78, 5) is 0. The molecule has 0 bridgehead atoms. The van der Waals surface area contributed by atoms with Crippen molar-refractivity contribution in [1.82, 2.24) is 0 Å². The third kappa shape index (κ3) is 4.39. The van der Waals surface area contributed by atoms with Crippen LogP contribution in [-0.2, 0) is 4.74 Å². The molecule has 0 rings (SSSR count). The van der Waals surface area contributed by atoms with E-state index in [0.29, 0.717) is 5.88 Å². The van der Waals surface area contributed by atoms with Gasteiger partial charge in [-0.3, -0.25) is 0 Å². The Morgan fingerprint density at radius 3 is 2.80 bits per heavy atom. The van der Waals surface area contributed by atoms with Crippen LogP contribution in [0.2, 0.25) is 0 Å². The van der Waals surface area contributed by atoms with Crippen molar-refractivity contribution in [3.63, 3.8) is 0 Å². The Morgan fingerprint density at radius 1 is 1.70 bits per heavy atom. The molecule has 0 amide bonds. The standard InChI is InChI=1S/C7H12ClNO/c1-10-4-2-3-7(5-8)6-9/h2,4,6-7,9H,3,5H2,1H3/b4-2+,9-6?. The highest BCUT2D eigenvalue weighted by Crippen LogP contribution is 2.02. The maximum atomic E-state index is 6.91. The van der Waals surface area contributed by atoms with Gasteiger partial charge < -0.3 is 10.1 Å². The molecule has 1 N–H and O–H groups in total. The zero-order valence-corrected chi connectivity index (χ0v) is 6.77. The number of alkyl halides is 1. The molecular formula is C7H12ClNO. The Bertz CT molecular complexity index is 114. The second kappa shape index (κ2) is 6.62. The van der Waals surface area contributed by atoms with Gasteiger partial charge in [-0.1, -0.05) is 0 Å². The number of methoxy groups -OCH3 is 1. The normalized spacial score (nSPS) is 13.4. The molecule has 3 heteroatoms. The van der Waals surface area contributed by atoms with Gasteiger partial charge in [0.1, 0.15) is 0 Å². The first-order chi connectivity index (χ1) is 4.85. The summed E-state index contributed by atoms with van der Waals surface area (Å²) in [5, 5.41) is 6.91. The van der Waals surface area contributed by atoms with E-state index in [4.69, 9.17) is 17.0 Å². The molecule has 0 aromatic rings. The minimum absolute atomic E-state index is 0.146. The predicted molar refractivity (Wildman–Crippen MR) is 43.8 cm³/mol. The third-order valence-electron chi connectivity index (χ3n) is 1.11. The molecule has 0 aromatic heterocycles. The molecule has 0 aliphatic rings. The van der Waals surface area contributed by atoms with E-state index in [0.717, 1.165) is 6.42 Å². The van der Waals surface area contributed by atoms with E-state index in [-0.39, 0.29) is 5.92 Å². The number of nitrogens with one attached hydrogen (secondary N) is 1. The molecule has 0 saturated heterocycles. The highest BCUT2D eigenvalue weighted by atomic mass is 35.5. The van der Waals surface area contributed by atoms with Crippen LogP contribution in [-0.4, -0.2) is 19.2 Å². The number of hydrogen-bond acceptors (Lipinski definition) is 2. The van der Waals surface area contributed by atoms with Gasteiger partial charge in [-0.2, -0.15) is 0 Å². The Kier molecular flexibility index (Phi) is 6.29. The van der Waals surface area contributed by atoms with Crippen LogP contribution in [0.4, 0.5) is 0 Å². The van der Waals surface area contributed by atoms with E-state index < -0.39 is 0 Å². The molecule has 2 nitrogen and oxygen atoms in total. The quantitative estimate of drug-likeness (QED) is 0.374. The van der Waals surface area contributed by atoms with Gasteiger partial charge in [0.25, 0.3) is 0 Å². The minimum atomic E-state index is 0.146. The molecule has 0 fully saturated rings. The average Bonchev–Trinajstić information content (AvgIpc) is 1.99. The van der Waals surface area contributed by atoms with Gasteiger partial charge >= 0.3 is 0 Å². The van der Waals surface area contributed by atoms with Crippen LogP contribution in [0.15, 0.2) is 12.3 Å². The zero-order chi connectivity index (χ0) is 7.82. The smallest absolute Gasteiger partial charge is 0.0784 e. The predicted octanol–water partition coefficient (Wildman–Crippen LogP) is 2.04. The highest BCUT2D eigenvalue weighted by molar-refractivity contribution is 6.18. The number of rotatable bonds is 5. The zero-order valence-electron chi connectivity index (χ0n) is 6.01. The maximum Gasteiger partial charge on any atom is 0.0784 e. The Balaban J connectivity index is 3.43. The molecule has 0 aromatic carbocycles. The maximum absolute atomic E-state index is 6.91. The van der Waals surface area contributed by atoms with E-state index in [2.05, 4.69) is 4.74 Å². The van der Waals surface area contributed by atoms with Crippen molar-refractivity contribution in [1.29, 1.82) is 5.41 Å². The summed E-state index contributed by atoms with van der Waals surface area (Å²) in [5.41, 5.74) is 0. The van der Waals surface area contributed by atoms with Crippen LogP contribution in [0.5, 0.6) is 0 Å². The summed E-state index contributed by atoms with van der Waals surface area (Å²) in [6.45, 7) is 0. The lowest BCUT2D eigenvalue weighted by Gasteiger charge is -2.00. The van der Waals surface area contributed by atoms with E-state index in [1.165, 1.54) is 6.21 Å². The summed E-state index contributed by atoms with van der Waals surface area (Å²) in [5.74, 6) is 0.644. The van der Waals surface area contributed by atoms with Crippen molar-refractivity contribution < 1.29 is 4.74 Å². The monoisotopic (exact) mass is 161 g/mol. The molecule has 1 atom stereocenters. The van der Waals surface area contributed by atoms with Gasteiger partial charge in [-0.25, -0.2) is 0 Å². The lowest BCUT2D eigenvalue weighted by molar-refractivity contribution is 0.336. The molecule has 58 valence electrons. The van der Waals surface area contributed by atoms with Crippen LogP contribution in [0, 0.1) is 11.3 Å². The summed E-state index contributed by atoms with van der Waals surface area (Å²) in [6, 6.07) is 0. The summed E-state index contributed by atoms with van der Waals surface area (Å²) in [7, 11) is 1.59.